The van der Waals surface area contributed by atoms with Gasteiger partial charge in [-0.25, -0.2) is 9.97 Å². The number of carbonyl (C=O) groups excluding carboxylic acids is 1. The predicted molar refractivity (Wildman–Crippen MR) is 104 cm³/mol. The molecule has 2 atom stereocenters. The minimum absolute atomic E-state index is 0.0797. The van der Waals surface area contributed by atoms with Crippen LogP contribution >= 0.6 is 0 Å². The summed E-state index contributed by atoms with van der Waals surface area (Å²) in [5.41, 5.74) is 0.678. The maximum atomic E-state index is 12.7. The molecule has 2 aromatic rings. The molecule has 1 aromatic carbocycles. The zero-order valence-electron chi connectivity index (χ0n) is 16.2. The number of alkyl halides is 3. The number of rotatable bonds is 6. The number of nitrogens with zero attached hydrogens (tertiary/aromatic N) is 3. The zero-order valence-corrected chi connectivity index (χ0v) is 16.2. The van der Waals surface area contributed by atoms with Crippen LogP contribution in [0.2, 0.25) is 0 Å². The Morgan fingerprint density at radius 2 is 1.90 bits per heavy atom. The van der Waals surface area contributed by atoms with Crippen LogP contribution in [0.3, 0.4) is 0 Å². The molecule has 2 fully saturated rings. The molecule has 4 rings (SSSR count). The van der Waals surface area contributed by atoms with Gasteiger partial charge in [0.15, 0.2) is 0 Å². The lowest BCUT2D eigenvalue weighted by Crippen LogP contribution is -2.35. The summed E-state index contributed by atoms with van der Waals surface area (Å²) in [4.78, 5) is 22.1. The van der Waals surface area contributed by atoms with E-state index in [4.69, 9.17) is 4.74 Å². The Morgan fingerprint density at radius 3 is 2.53 bits per heavy atom. The van der Waals surface area contributed by atoms with Crippen molar-refractivity contribution in [2.24, 2.45) is 0 Å². The van der Waals surface area contributed by atoms with Crippen molar-refractivity contribution in [3.8, 4) is 0 Å². The molecule has 1 aromatic heterocycles. The van der Waals surface area contributed by atoms with Gasteiger partial charge in [0.2, 0.25) is 11.9 Å². The van der Waals surface area contributed by atoms with Crippen molar-refractivity contribution in [3.63, 3.8) is 0 Å². The van der Waals surface area contributed by atoms with Crippen LogP contribution in [-0.4, -0.2) is 47.7 Å². The molecule has 2 aliphatic rings. The minimum Gasteiger partial charge on any atom is -0.370 e. The molecule has 7 nitrogen and oxygen atoms in total. The normalized spacial score (nSPS) is 22.0. The number of carbonyl (C=O) groups is 1. The smallest absolute Gasteiger partial charge is 0.370 e. The van der Waals surface area contributed by atoms with Crippen LogP contribution in [0.1, 0.15) is 24.0 Å². The van der Waals surface area contributed by atoms with E-state index in [0.29, 0.717) is 43.3 Å². The third-order valence-electron chi connectivity index (χ3n) is 5.24. The van der Waals surface area contributed by atoms with Gasteiger partial charge in [-0.15, -0.1) is 0 Å². The van der Waals surface area contributed by atoms with Gasteiger partial charge in [-0.2, -0.15) is 13.2 Å². The molecule has 2 unspecified atom stereocenters. The van der Waals surface area contributed by atoms with Gasteiger partial charge in [-0.05, 0) is 24.1 Å². The third-order valence-corrected chi connectivity index (χ3v) is 5.24. The molecule has 0 radical (unpaired) electrons. The molecule has 30 heavy (non-hydrogen) atoms. The molecular formula is C20H22F3N5O2. The van der Waals surface area contributed by atoms with Gasteiger partial charge in [-0.3, -0.25) is 4.79 Å². The summed E-state index contributed by atoms with van der Waals surface area (Å²) in [6.07, 6.45) is 0.103. The van der Waals surface area contributed by atoms with Crippen molar-refractivity contribution >= 4 is 17.5 Å². The largest absolute Gasteiger partial charge is 0.416 e. The van der Waals surface area contributed by atoms with E-state index in [9.17, 15) is 18.0 Å². The first-order valence-corrected chi connectivity index (χ1v) is 9.77. The average molecular weight is 421 g/mol. The Hall–Kier alpha value is -2.72. The second-order valence-electron chi connectivity index (χ2n) is 7.37. The van der Waals surface area contributed by atoms with E-state index in [1.165, 1.54) is 12.1 Å². The summed E-state index contributed by atoms with van der Waals surface area (Å²) >= 11 is 0. The molecule has 0 saturated carbocycles. The molecule has 2 saturated heterocycles. The maximum absolute atomic E-state index is 12.7. The van der Waals surface area contributed by atoms with Gasteiger partial charge in [0.25, 0.3) is 0 Å². The first-order chi connectivity index (χ1) is 14.4. The second kappa shape index (κ2) is 8.57. The van der Waals surface area contributed by atoms with E-state index < -0.39 is 11.7 Å². The number of hydrogen-bond donors (Lipinski definition) is 2. The van der Waals surface area contributed by atoms with E-state index in [1.807, 2.05) is 0 Å². The zero-order chi connectivity index (χ0) is 21.1. The molecular weight excluding hydrogens is 399 g/mol. The first-order valence-electron chi connectivity index (χ1n) is 9.77. The van der Waals surface area contributed by atoms with E-state index in [0.717, 1.165) is 18.6 Å². The van der Waals surface area contributed by atoms with Crippen LogP contribution in [0.25, 0.3) is 0 Å². The lowest BCUT2D eigenvalue weighted by Gasteiger charge is -2.21. The van der Waals surface area contributed by atoms with Crippen molar-refractivity contribution in [1.29, 1.82) is 0 Å². The lowest BCUT2D eigenvalue weighted by atomic mass is 10.1. The molecule has 160 valence electrons. The van der Waals surface area contributed by atoms with Gasteiger partial charge < -0.3 is 20.3 Å². The van der Waals surface area contributed by atoms with Crippen molar-refractivity contribution in [3.05, 3.63) is 47.8 Å². The number of amides is 1. The summed E-state index contributed by atoms with van der Waals surface area (Å²) in [7, 11) is 0. The van der Waals surface area contributed by atoms with Gasteiger partial charge >= 0.3 is 6.18 Å². The summed E-state index contributed by atoms with van der Waals surface area (Å²) < 4.78 is 43.9. The minimum atomic E-state index is -4.35. The Kier molecular flexibility index (Phi) is 5.87. The lowest BCUT2D eigenvalue weighted by molar-refractivity contribution is -0.137. The highest BCUT2D eigenvalue weighted by Gasteiger charge is 2.31. The van der Waals surface area contributed by atoms with E-state index >= 15 is 0 Å². The van der Waals surface area contributed by atoms with Gasteiger partial charge in [0, 0.05) is 26.1 Å². The van der Waals surface area contributed by atoms with Crippen molar-refractivity contribution < 1.29 is 22.7 Å². The van der Waals surface area contributed by atoms with E-state index in [-0.39, 0.29) is 24.7 Å². The fourth-order valence-corrected chi connectivity index (χ4v) is 3.59. The fraction of sp³-hybridized carbons (Fsp3) is 0.450. The van der Waals surface area contributed by atoms with Crippen LogP contribution in [0.4, 0.5) is 24.8 Å². The fourth-order valence-electron chi connectivity index (χ4n) is 3.59. The number of nitrogens with one attached hydrogen (secondary N) is 2. The summed E-state index contributed by atoms with van der Waals surface area (Å²) in [6, 6.07) is 4.88. The Bertz CT molecular complexity index is 874. The molecule has 3 heterocycles. The van der Waals surface area contributed by atoms with Gasteiger partial charge in [0.1, 0.15) is 0 Å². The van der Waals surface area contributed by atoms with E-state index in [2.05, 4.69) is 20.6 Å². The van der Waals surface area contributed by atoms with Crippen molar-refractivity contribution in [2.75, 3.05) is 29.9 Å². The predicted octanol–water partition coefficient (Wildman–Crippen LogP) is 2.59. The summed E-state index contributed by atoms with van der Waals surface area (Å²) in [5.74, 6) is 0.512. The van der Waals surface area contributed by atoms with Gasteiger partial charge in [0.05, 0.1) is 42.4 Å². The monoisotopic (exact) mass is 421 g/mol. The van der Waals surface area contributed by atoms with Crippen LogP contribution in [0, 0.1) is 0 Å². The molecule has 10 heteroatoms. The third kappa shape index (κ3) is 4.71. The van der Waals surface area contributed by atoms with Crippen molar-refractivity contribution in [1.82, 2.24) is 15.3 Å². The Balaban J connectivity index is 1.32. The summed E-state index contributed by atoms with van der Waals surface area (Å²) in [6.45, 7) is 2.15. The number of benzene rings is 1. The maximum Gasteiger partial charge on any atom is 0.416 e. The average Bonchev–Trinajstić information content (AvgIpc) is 3.35. The highest BCUT2D eigenvalue weighted by atomic mass is 19.4. The second-order valence-corrected chi connectivity index (χ2v) is 7.37. The van der Waals surface area contributed by atoms with Crippen molar-refractivity contribution in [2.45, 2.75) is 37.8 Å². The molecule has 1 amide bonds. The molecule has 0 bridgehead atoms. The van der Waals surface area contributed by atoms with Crippen LogP contribution in [-0.2, 0) is 22.3 Å². The number of anilines is 2. The highest BCUT2D eigenvalue weighted by Crippen LogP contribution is 2.29. The quantitative estimate of drug-likeness (QED) is 0.747. The number of ether oxygens (including phenoxy) is 1. The standard InChI is InChI=1S/C20H22F3N5O2/c21-20(22,23)14-5-3-13(4-6-14)12-30-17-11-24-10-16(17)27-19-25-8-15(9-26-19)28-7-1-2-18(28)29/h3-6,8-9,16-17,24H,1-2,7,10-12H2,(H,25,26,27). The molecule has 0 spiro atoms. The number of halogens is 3. The molecule has 0 aliphatic carbocycles. The molecule has 2 aliphatic heterocycles. The van der Waals surface area contributed by atoms with Crippen LogP contribution in [0.5, 0.6) is 0 Å². The van der Waals surface area contributed by atoms with Crippen LogP contribution in [0.15, 0.2) is 36.7 Å². The highest BCUT2D eigenvalue weighted by molar-refractivity contribution is 5.95. The SMILES string of the molecule is O=C1CCCN1c1cnc(NC2CNCC2OCc2ccc(C(F)(F)F)cc2)nc1. The summed E-state index contributed by atoms with van der Waals surface area (Å²) in [5, 5.41) is 6.45. The van der Waals surface area contributed by atoms with E-state index in [1.54, 1.807) is 17.3 Å². The topological polar surface area (TPSA) is 79.4 Å². The number of aromatic nitrogens is 2. The Morgan fingerprint density at radius 1 is 1.17 bits per heavy atom. The van der Waals surface area contributed by atoms with Gasteiger partial charge in [-0.1, -0.05) is 12.1 Å². The van der Waals surface area contributed by atoms with Crippen LogP contribution < -0.4 is 15.5 Å². The number of hydrogen-bond acceptors (Lipinski definition) is 6. The first kappa shape index (κ1) is 20.5. The molecule has 2 N–H and O–H groups in total. The Labute approximate surface area is 171 Å².